The van der Waals surface area contributed by atoms with E-state index >= 15 is 0 Å². The largest absolute Gasteiger partial charge is 0.478 e. The van der Waals surface area contributed by atoms with Crippen LogP contribution in [-0.4, -0.2) is 32.4 Å². The van der Waals surface area contributed by atoms with Crippen molar-refractivity contribution in [3.8, 4) is 5.69 Å². The minimum atomic E-state index is -0.984. The number of aldehydes is 1. The topological polar surface area (TPSA) is 85.1 Å². The first-order chi connectivity index (χ1) is 9.04. The normalized spacial score (nSPS) is 10.7. The molecule has 1 aromatic heterocycles. The molecule has 0 saturated heterocycles. The van der Waals surface area contributed by atoms with E-state index in [0.717, 1.165) is 0 Å². The number of hydrogen-bond acceptors (Lipinski definition) is 4. The molecule has 98 valence electrons. The molecule has 0 fully saturated rings. The molecule has 0 unspecified atom stereocenters. The third-order valence-electron chi connectivity index (χ3n) is 2.75. The smallest absolute Gasteiger partial charge is 0.335 e. The van der Waals surface area contributed by atoms with E-state index in [1.165, 1.54) is 12.1 Å². The molecule has 0 aliphatic carbocycles. The SMILES string of the molecule is CC(C)c1c(C=O)nnn1-c1ccc(C(=O)O)cc1. The van der Waals surface area contributed by atoms with Crippen LogP contribution in [0.2, 0.25) is 0 Å². The van der Waals surface area contributed by atoms with Gasteiger partial charge in [0.2, 0.25) is 0 Å². The molecule has 0 amide bonds. The van der Waals surface area contributed by atoms with Gasteiger partial charge in [0, 0.05) is 0 Å². The lowest BCUT2D eigenvalue weighted by molar-refractivity contribution is 0.0696. The Kier molecular flexibility index (Phi) is 3.41. The second-order valence-electron chi connectivity index (χ2n) is 4.40. The van der Waals surface area contributed by atoms with Crippen molar-refractivity contribution < 1.29 is 14.7 Å². The Hall–Kier alpha value is -2.50. The number of carboxylic acid groups (broad SMARTS) is 1. The summed E-state index contributed by atoms with van der Waals surface area (Å²) in [5.41, 5.74) is 1.88. The Morgan fingerprint density at radius 1 is 1.32 bits per heavy atom. The second-order valence-corrected chi connectivity index (χ2v) is 4.40. The van der Waals surface area contributed by atoms with Gasteiger partial charge in [0.1, 0.15) is 5.69 Å². The molecule has 19 heavy (non-hydrogen) atoms. The van der Waals surface area contributed by atoms with Gasteiger partial charge in [0.25, 0.3) is 0 Å². The monoisotopic (exact) mass is 259 g/mol. The molecule has 0 radical (unpaired) electrons. The minimum Gasteiger partial charge on any atom is -0.478 e. The molecule has 0 aliphatic rings. The zero-order valence-electron chi connectivity index (χ0n) is 10.6. The average molecular weight is 259 g/mol. The van der Waals surface area contributed by atoms with Crippen LogP contribution in [0.1, 0.15) is 46.3 Å². The number of benzene rings is 1. The van der Waals surface area contributed by atoms with E-state index in [4.69, 9.17) is 5.11 Å². The van der Waals surface area contributed by atoms with E-state index in [1.54, 1.807) is 16.8 Å². The summed E-state index contributed by atoms with van der Waals surface area (Å²) in [6.45, 7) is 3.88. The van der Waals surface area contributed by atoms with Crippen molar-refractivity contribution in [1.29, 1.82) is 0 Å². The van der Waals surface area contributed by atoms with Crippen LogP contribution in [-0.2, 0) is 0 Å². The van der Waals surface area contributed by atoms with Crippen LogP contribution >= 0.6 is 0 Å². The lowest BCUT2D eigenvalue weighted by Gasteiger charge is -2.09. The van der Waals surface area contributed by atoms with E-state index in [9.17, 15) is 9.59 Å². The minimum absolute atomic E-state index is 0.0781. The molecule has 0 aliphatic heterocycles. The van der Waals surface area contributed by atoms with Crippen LogP contribution in [0.15, 0.2) is 24.3 Å². The van der Waals surface area contributed by atoms with Gasteiger partial charge in [-0.3, -0.25) is 4.79 Å². The molecule has 1 N–H and O–H groups in total. The molecule has 0 atom stereocenters. The number of aromatic nitrogens is 3. The Balaban J connectivity index is 2.49. The van der Waals surface area contributed by atoms with Crippen LogP contribution in [0.5, 0.6) is 0 Å². The van der Waals surface area contributed by atoms with Crippen molar-refractivity contribution in [2.75, 3.05) is 0 Å². The first kappa shape index (κ1) is 12.9. The Morgan fingerprint density at radius 2 is 1.95 bits per heavy atom. The lowest BCUT2D eigenvalue weighted by Crippen LogP contribution is -2.06. The predicted octanol–water partition coefficient (Wildman–Crippen LogP) is 1.90. The van der Waals surface area contributed by atoms with E-state index in [0.29, 0.717) is 23.4 Å². The molecular weight excluding hydrogens is 246 g/mol. The van der Waals surface area contributed by atoms with Gasteiger partial charge >= 0.3 is 5.97 Å². The number of carboxylic acids is 1. The molecule has 2 rings (SSSR count). The molecule has 1 aromatic carbocycles. The quantitative estimate of drug-likeness (QED) is 0.847. The van der Waals surface area contributed by atoms with Crippen LogP contribution in [0.3, 0.4) is 0 Å². The van der Waals surface area contributed by atoms with Crippen molar-refractivity contribution in [1.82, 2.24) is 15.0 Å². The summed E-state index contributed by atoms with van der Waals surface area (Å²) in [4.78, 5) is 21.7. The Morgan fingerprint density at radius 3 is 2.42 bits per heavy atom. The van der Waals surface area contributed by atoms with Gasteiger partial charge in [0.15, 0.2) is 6.29 Å². The van der Waals surface area contributed by atoms with E-state index < -0.39 is 5.97 Å². The third kappa shape index (κ3) is 2.37. The van der Waals surface area contributed by atoms with Crippen molar-refractivity contribution >= 4 is 12.3 Å². The number of rotatable bonds is 4. The average Bonchev–Trinajstić information content (AvgIpc) is 2.82. The van der Waals surface area contributed by atoms with E-state index in [-0.39, 0.29) is 11.5 Å². The predicted molar refractivity (Wildman–Crippen MR) is 67.8 cm³/mol. The number of nitrogens with zero attached hydrogens (tertiary/aromatic N) is 3. The number of aromatic carboxylic acids is 1. The molecule has 6 nitrogen and oxygen atoms in total. The van der Waals surface area contributed by atoms with Crippen LogP contribution < -0.4 is 0 Å². The van der Waals surface area contributed by atoms with Crippen molar-refractivity contribution in [3.63, 3.8) is 0 Å². The molecular formula is C13H13N3O3. The summed E-state index contributed by atoms with van der Waals surface area (Å²) < 4.78 is 1.56. The van der Waals surface area contributed by atoms with Crippen LogP contribution in [0, 0.1) is 0 Å². The van der Waals surface area contributed by atoms with Gasteiger partial charge in [0.05, 0.1) is 16.9 Å². The maximum absolute atomic E-state index is 10.9. The lowest BCUT2D eigenvalue weighted by atomic mass is 10.1. The summed E-state index contributed by atoms with van der Waals surface area (Å²) in [6, 6.07) is 6.26. The molecule has 0 bridgehead atoms. The first-order valence-corrected chi connectivity index (χ1v) is 5.79. The van der Waals surface area contributed by atoms with Crippen LogP contribution in [0.25, 0.3) is 5.69 Å². The highest BCUT2D eigenvalue weighted by Gasteiger charge is 2.17. The maximum Gasteiger partial charge on any atom is 0.335 e. The van der Waals surface area contributed by atoms with Gasteiger partial charge in [-0.25, -0.2) is 9.48 Å². The molecule has 0 spiro atoms. The van der Waals surface area contributed by atoms with Crippen LogP contribution in [0.4, 0.5) is 0 Å². The fraction of sp³-hybridized carbons (Fsp3) is 0.231. The number of hydrogen-bond donors (Lipinski definition) is 1. The summed E-state index contributed by atoms with van der Waals surface area (Å²) in [5, 5.41) is 16.6. The van der Waals surface area contributed by atoms with E-state index in [1.807, 2.05) is 13.8 Å². The maximum atomic E-state index is 10.9. The Bertz CT molecular complexity index is 615. The molecule has 0 saturated carbocycles. The molecule has 1 heterocycles. The fourth-order valence-corrected chi connectivity index (χ4v) is 1.86. The molecule has 6 heteroatoms. The highest BCUT2D eigenvalue weighted by molar-refractivity contribution is 5.87. The van der Waals surface area contributed by atoms with E-state index in [2.05, 4.69) is 10.3 Å². The fourth-order valence-electron chi connectivity index (χ4n) is 1.86. The van der Waals surface area contributed by atoms with Crippen molar-refractivity contribution in [2.24, 2.45) is 0 Å². The number of carbonyl (C=O) groups excluding carboxylic acids is 1. The van der Waals surface area contributed by atoms with Gasteiger partial charge in [-0.1, -0.05) is 19.1 Å². The zero-order valence-corrected chi connectivity index (χ0v) is 10.6. The molecule has 2 aromatic rings. The highest BCUT2D eigenvalue weighted by atomic mass is 16.4. The summed E-state index contributed by atoms with van der Waals surface area (Å²) in [5.74, 6) is -0.905. The summed E-state index contributed by atoms with van der Waals surface area (Å²) >= 11 is 0. The van der Waals surface area contributed by atoms with Gasteiger partial charge < -0.3 is 5.11 Å². The van der Waals surface area contributed by atoms with Crippen molar-refractivity contribution in [3.05, 3.63) is 41.2 Å². The Labute approximate surface area is 109 Å². The van der Waals surface area contributed by atoms with Gasteiger partial charge in [-0.2, -0.15) is 0 Å². The highest BCUT2D eigenvalue weighted by Crippen LogP contribution is 2.20. The van der Waals surface area contributed by atoms with Crippen molar-refractivity contribution in [2.45, 2.75) is 19.8 Å². The number of carbonyl (C=O) groups is 2. The van der Waals surface area contributed by atoms with Gasteiger partial charge in [-0.15, -0.1) is 5.10 Å². The second kappa shape index (κ2) is 5.01. The summed E-state index contributed by atoms with van der Waals surface area (Å²) in [6.07, 6.45) is 0.671. The standard InChI is InChI=1S/C13H13N3O3/c1-8(2)12-11(7-17)14-15-16(12)10-5-3-9(4-6-10)13(18)19/h3-8H,1-2H3,(H,18,19). The third-order valence-corrected chi connectivity index (χ3v) is 2.75. The van der Waals surface area contributed by atoms with Gasteiger partial charge in [-0.05, 0) is 30.2 Å². The first-order valence-electron chi connectivity index (χ1n) is 5.79. The summed E-state index contributed by atoms with van der Waals surface area (Å²) in [7, 11) is 0. The zero-order chi connectivity index (χ0) is 14.0.